The topological polar surface area (TPSA) is 54.7 Å². The average Bonchev–Trinajstić information content (AvgIpc) is 3.31. The van der Waals surface area contributed by atoms with Gasteiger partial charge in [0.25, 0.3) is 0 Å². The molecule has 4 nitrogen and oxygen atoms in total. The summed E-state index contributed by atoms with van der Waals surface area (Å²) < 4.78 is 6.63. The van der Waals surface area contributed by atoms with Gasteiger partial charge in [0.05, 0.1) is 17.6 Å². The fraction of sp³-hybridized carbons (Fsp3) is 0.0526. The van der Waals surface area contributed by atoms with E-state index in [9.17, 15) is 0 Å². The van der Waals surface area contributed by atoms with Crippen LogP contribution in [-0.2, 0) is 5.75 Å². The van der Waals surface area contributed by atoms with Crippen molar-refractivity contribution in [2.24, 2.45) is 0 Å². The fourth-order valence-corrected chi connectivity index (χ4v) is 3.37. The van der Waals surface area contributed by atoms with Crippen LogP contribution in [0.25, 0.3) is 22.7 Å². The Morgan fingerprint density at radius 2 is 1.80 bits per heavy atom. The summed E-state index contributed by atoms with van der Waals surface area (Å²) in [6.45, 7) is 0. The van der Waals surface area contributed by atoms with Crippen LogP contribution >= 0.6 is 27.7 Å². The van der Waals surface area contributed by atoms with Gasteiger partial charge in [-0.25, -0.2) is 9.97 Å². The maximum atomic E-state index is 5.57. The van der Waals surface area contributed by atoms with E-state index in [4.69, 9.17) is 4.42 Å². The minimum absolute atomic E-state index is 0.645. The Hall–Kier alpha value is -2.31. The summed E-state index contributed by atoms with van der Waals surface area (Å²) >= 11 is 5.05. The molecule has 6 heteroatoms. The molecule has 4 rings (SSSR count). The minimum Gasteiger partial charge on any atom is -0.444 e. The van der Waals surface area contributed by atoms with Gasteiger partial charge in [-0.2, -0.15) is 0 Å². The van der Waals surface area contributed by atoms with E-state index in [0.717, 1.165) is 32.1 Å². The normalized spacial score (nSPS) is 10.9. The summed E-state index contributed by atoms with van der Waals surface area (Å²) in [5.41, 5.74) is 3.98. The molecule has 2 aromatic carbocycles. The predicted octanol–water partition coefficient (Wildman–Crippen LogP) is 5.79. The Labute approximate surface area is 157 Å². The molecule has 0 aliphatic rings. The summed E-state index contributed by atoms with van der Waals surface area (Å²) in [7, 11) is 0. The van der Waals surface area contributed by atoms with Gasteiger partial charge in [0.1, 0.15) is 6.26 Å². The van der Waals surface area contributed by atoms with Crippen LogP contribution < -0.4 is 0 Å². The maximum absolute atomic E-state index is 5.57. The Morgan fingerprint density at radius 1 is 1.00 bits per heavy atom. The zero-order valence-electron chi connectivity index (χ0n) is 13.1. The number of oxazole rings is 1. The number of aromatic amines is 1. The first kappa shape index (κ1) is 16.2. The van der Waals surface area contributed by atoms with E-state index < -0.39 is 0 Å². The molecule has 0 radical (unpaired) electrons. The largest absolute Gasteiger partial charge is 0.444 e. The Kier molecular flexibility index (Phi) is 4.72. The zero-order valence-corrected chi connectivity index (χ0v) is 15.5. The molecule has 0 fully saturated rings. The van der Waals surface area contributed by atoms with Crippen molar-refractivity contribution in [3.05, 3.63) is 77.2 Å². The van der Waals surface area contributed by atoms with Crippen molar-refractivity contribution in [1.82, 2.24) is 15.0 Å². The Bertz CT molecular complexity index is 964. The molecule has 0 bridgehead atoms. The molecule has 0 atom stereocenters. The van der Waals surface area contributed by atoms with Gasteiger partial charge >= 0.3 is 0 Å². The number of aromatic nitrogens is 3. The molecule has 0 aliphatic carbocycles. The van der Waals surface area contributed by atoms with Crippen LogP contribution in [0.5, 0.6) is 0 Å². The van der Waals surface area contributed by atoms with Gasteiger partial charge in [0, 0.05) is 15.8 Å². The van der Waals surface area contributed by atoms with Crippen LogP contribution in [0.2, 0.25) is 0 Å². The molecule has 2 heterocycles. The second-order valence-electron chi connectivity index (χ2n) is 5.41. The number of hydrogen-bond donors (Lipinski definition) is 1. The third-order valence-corrected chi connectivity index (χ3v) is 5.09. The second-order valence-corrected chi connectivity index (χ2v) is 7.29. The molecule has 0 unspecified atom stereocenters. The summed E-state index contributed by atoms with van der Waals surface area (Å²) in [6.07, 6.45) is 3.55. The van der Waals surface area contributed by atoms with Gasteiger partial charge in [-0.3, -0.25) is 0 Å². The summed E-state index contributed by atoms with van der Waals surface area (Å²) in [4.78, 5) is 12.3. The van der Waals surface area contributed by atoms with E-state index in [-0.39, 0.29) is 0 Å². The van der Waals surface area contributed by atoms with Crippen molar-refractivity contribution in [3.63, 3.8) is 0 Å². The van der Waals surface area contributed by atoms with Crippen molar-refractivity contribution < 1.29 is 4.42 Å². The number of H-pyrrole nitrogens is 1. The molecule has 0 aliphatic heterocycles. The average molecular weight is 412 g/mol. The van der Waals surface area contributed by atoms with Gasteiger partial charge in [0.2, 0.25) is 5.89 Å². The number of nitrogens with one attached hydrogen (secondary N) is 1. The molecule has 0 saturated carbocycles. The van der Waals surface area contributed by atoms with Gasteiger partial charge in [-0.15, -0.1) is 0 Å². The molecule has 4 aromatic rings. The maximum Gasteiger partial charge on any atom is 0.226 e. The second kappa shape index (κ2) is 7.29. The zero-order chi connectivity index (χ0) is 17.1. The van der Waals surface area contributed by atoms with E-state index >= 15 is 0 Å². The number of thioether (sulfide) groups is 1. The first-order valence-electron chi connectivity index (χ1n) is 7.71. The third kappa shape index (κ3) is 3.86. The summed E-state index contributed by atoms with van der Waals surface area (Å²) in [5, 5.41) is 0.863. The van der Waals surface area contributed by atoms with Crippen LogP contribution in [0.1, 0.15) is 5.69 Å². The van der Waals surface area contributed by atoms with Crippen molar-refractivity contribution >= 4 is 27.7 Å². The standard InChI is InChI=1S/C19H14BrN3OS/c20-15-8-6-13(7-9-15)17-10-21-19(23-17)25-12-16-11-24-18(22-16)14-4-2-1-3-5-14/h1-11H,12H2,(H,21,23). The van der Waals surface area contributed by atoms with Crippen LogP contribution in [0.4, 0.5) is 0 Å². The Balaban J connectivity index is 1.42. The lowest BCUT2D eigenvalue weighted by atomic mass is 10.2. The van der Waals surface area contributed by atoms with E-state index in [1.54, 1.807) is 18.0 Å². The highest BCUT2D eigenvalue weighted by atomic mass is 79.9. The SMILES string of the molecule is Brc1ccc(-c2cnc(SCc3coc(-c4ccccc4)n3)[nH]2)cc1. The van der Waals surface area contributed by atoms with Crippen LogP contribution in [0.15, 0.2) is 81.1 Å². The van der Waals surface area contributed by atoms with Gasteiger partial charge < -0.3 is 9.40 Å². The first-order valence-corrected chi connectivity index (χ1v) is 9.49. The third-order valence-electron chi connectivity index (χ3n) is 3.64. The summed E-state index contributed by atoms with van der Waals surface area (Å²) in [6, 6.07) is 18.0. The van der Waals surface area contributed by atoms with E-state index in [1.807, 2.05) is 48.7 Å². The van der Waals surface area contributed by atoms with Crippen molar-refractivity contribution in [2.45, 2.75) is 10.9 Å². The van der Waals surface area contributed by atoms with Gasteiger partial charge in [-0.05, 0) is 29.8 Å². The fourth-order valence-electron chi connectivity index (χ4n) is 2.38. The molecule has 0 spiro atoms. The molecule has 0 saturated heterocycles. The van der Waals surface area contributed by atoms with Gasteiger partial charge in [0.15, 0.2) is 5.16 Å². The number of halogens is 1. The minimum atomic E-state index is 0.645. The highest BCUT2D eigenvalue weighted by molar-refractivity contribution is 9.10. The van der Waals surface area contributed by atoms with Crippen molar-refractivity contribution in [2.75, 3.05) is 0 Å². The summed E-state index contributed by atoms with van der Waals surface area (Å²) in [5.74, 6) is 1.34. The molecular weight excluding hydrogens is 398 g/mol. The van der Waals surface area contributed by atoms with Crippen LogP contribution in [0, 0.1) is 0 Å². The molecule has 25 heavy (non-hydrogen) atoms. The van der Waals surface area contributed by atoms with Crippen molar-refractivity contribution in [1.29, 1.82) is 0 Å². The highest BCUT2D eigenvalue weighted by Crippen LogP contribution is 2.26. The lowest BCUT2D eigenvalue weighted by Gasteiger charge is -1.97. The first-order chi connectivity index (χ1) is 12.3. The lowest BCUT2D eigenvalue weighted by Crippen LogP contribution is -1.83. The van der Waals surface area contributed by atoms with Crippen LogP contribution in [0.3, 0.4) is 0 Å². The quantitative estimate of drug-likeness (QED) is 0.422. The molecular formula is C19H14BrN3OS. The van der Waals surface area contributed by atoms with E-state index in [2.05, 4.69) is 43.0 Å². The number of rotatable bonds is 5. The molecule has 0 amide bonds. The van der Waals surface area contributed by atoms with E-state index in [1.165, 1.54) is 0 Å². The Morgan fingerprint density at radius 3 is 2.60 bits per heavy atom. The number of benzene rings is 2. The number of hydrogen-bond acceptors (Lipinski definition) is 4. The van der Waals surface area contributed by atoms with Crippen LogP contribution in [-0.4, -0.2) is 15.0 Å². The number of imidazole rings is 1. The van der Waals surface area contributed by atoms with E-state index in [0.29, 0.717) is 11.6 Å². The number of nitrogens with zero attached hydrogens (tertiary/aromatic N) is 2. The van der Waals surface area contributed by atoms with Crippen molar-refractivity contribution in [3.8, 4) is 22.7 Å². The molecule has 1 N–H and O–H groups in total. The lowest BCUT2D eigenvalue weighted by molar-refractivity contribution is 0.573. The molecule has 2 aromatic heterocycles. The van der Waals surface area contributed by atoms with Gasteiger partial charge in [-0.1, -0.05) is 58.0 Å². The highest BCUT2D eigenvalue weighted by Gasteiger charge is 2.09. The molecule has 124 valence electrons. The predicted molar refractivity (Wildman–Crippen MR) is 103 cm³/mol. The monoisotopic (exact) mass is 411 g/mol. The smallest absolute Gasteiger partial charge is 0.226 e.